The molecule has 1 aliphatic carbocycles. The van der Waals surface area contributed by atoms with E-state index in [1.165, 1.54) is 22.3 Å². The van der Waals surface area contributed by atoms with E-state index in [2.05, 4.69) is 77.9 Å². The molecule has 0 amide bonds. The third kappa shape index (κ3) is 1.85. The van der Waals surface area contributed by atoms with Crippen LogP contribution in [0.15, 0.2) is 78.9 Å². The fourth-order valence-electron chi connectivity index (χ4n) is 3.97. The van der Waals surface area contributed by atoms with Crippen molar-refractivity contribution in [3.05, 3.63) is 90.0 Å². The van der Waals surface area contributed by atoms with E-state index in [0.29, 0.717) is 5.92 Å². The topological polar surface area (TPSA) is 12.5 Å². The molecule has 3 aromatic carbocycles. The number of rotatable bonds is 1. The molecule has 0 aromatic heterocycles. The molecule has 1 aliphatic heterocycles. The monoisotopic (exact) mass is 299 g/mol. The second kappa shape index (κ2) is 4.97. The molecule has 2 heteroatoms. The van der Waals surface area contributed by atoms with E-state index in [9.17, 15) is 0 Å². The molecule has 1 fully saturated rings. The van der Waals surface area contributed by atoms with Gasteiger partial charge in [0.05, 0.1) is 18.3 Å². The molecule has 0 saturated carbocycles. The maximum atomic E-state index is 6.13. The summed E-state index contributed by atoms with van der Waals surface area (Å²) in [6, 6.07) is 28.1. The Labute approximate surface area is 135 Å². The number of anilines is 1. The van der Waals surface area contributed by atoms with Crippen LogP contribution in [0.2, 0.25) is 0 Å². The average molecular weight is 299 g/mol. The van der Waals surface area contributed by atoms with Crippen molar-refractivity contribution in [2.45, 2.75) is 12.0 Å². The normalized spacial score (nSPS) is 21.5. The maximum Gasteiger partial charge on any atom is 0.0913 e. The van der Waals surface area contributed by atoms with Gasteiger partial charge in [0.15, 0.2) is 0 Å². The summed E-state index contributed by atoms with van der Waals surface area (Å²) in [6.07, 6.45) is 0. The molecule has 2 atom stereocenters. The molecule has 1 saturated heterocycles. The molecule has 0 bridgehead atoms. The molecule has 0 radical (unpaired) electrons. The fourth-order valence-corrected chi connectivity index (χ4v) is 3.97. The Morgan fingerprint density at radius 2 is 1.30 bits per heavy atom. The van der Waals surface area contributed by atoms with Crippen molar-refractivity contribution in [1.29, 1.82) is 0 Å². The SMILES string of the molecule is c1ccc(N2OCC3c4ccccc4-c4ccccc4C32)cc1. The van der Waals surface area contributed by atoms with Crippen molar-refractivity contribution in [3.8, 4) is 11.1 Å². The van der Waals surface area contributed by atoms with Gasteiger partial charge >= 0.3 is 0 Å². The predicted molar refractivity (Wildman–Crippen MR) is 92.2 cm³/mol. The van der Waals surface area contributed by atoms with Crippen LogP contribution in [0.5, 0.6) is 0 Å². The Balaban J connectivity index is 1.71. The van der Waals surface area contributed by atoms with Gasteiger partial charge in [0.1, 0.15) is 0 Å². The van der Waals surface area contributed by atoms with E-state index in [4.69, 9.17) is 4.84 Å². The van der Waals surface area contributed by atoms with Crippen LogP contribution < -0.4 is 5.06 Å². The van der Waals surface area contributed by atoms with Crippen LogP contribution in [0.4, 0.5) is 5.69 Å². The molecule has 2 aliphatic rings. The Hall–Kier alpha value is -2.58. The largest absolute Gasteiger partial charge is 0.272 e. The van der Waals surface area contributed by atoms with Crippen LogP contribution in [-0.2, 0) is 4.84 Å². The summed E-state index contributed by atoms with van der Waals surface area (Å²) in [7, 11) is 0. The van der Waals surface area contributed by atoms with Crippen LogP contribution in [0.3, 0.4) is 0 Å². The van der Waals surface area contributed by atoms with Gasteiger partial charge in [0.25, 0.3) is 0 Å². The zero-order chi connectivity index (χ0) is 15.2. The lowest BCUT2D eigenvalue weighted by molar-refractivity contribution is 0.157. The van der Waals surface area contributed by atoms with E-state index in [-0.39, 0.29) is 6.04 Å². The zero-order valence-electron chi connectivity index (χ0n) is 12.7. The minimum atomic E-state index is 0.239. The molecule has 0 spiro atoms. The van der Waals surface area contributed by atoms with Crippen LogP contribution in [-0.4, -0.2) is 6.61 Å². The first-order valence-electron chi connectivity index (χ1n) is 8.09. The number of hydrogen-bond acceptors (Lipinski definition) is 2. The van der Waals surface area contributed by atoms with Gasteiger partial charge in [-0.15, -0.1) is 0 Å². The minimum Gasteiger partial charge on any atom is -0.272 e. The summed E-state index contributed by atoms with van der Waals surface area (Å²) >= 11 is 0. The molecular formula is C21H17NO. The summed E-state index contributed by atoms with van der Waals surface area (Å²) in [5, 5.41) is 2.10. The van der Waals surface area contributed by atoms with Gasteiger partial charge in [-0.1, -0.05) is 66.7 Å². The van der Waals surface area contributed by atoms with Gasteiger partial charge < -0.3 is 0 Å². The highest BCUT2D eigenvalue weighted by atomic mass is 16.7. The molecule has 0 N–H and O–H groups in total. The predicted octanol–water partition coefficient (Wildman–Crippen LogP) is 4.94. The third-order valence-corrected chi connectivity index (χ3v) is 4.97. The summed E-state index contributed by atoms with van der Waals surface area (Å²) in [4.78, 5) is 6.13. The van der Waals surface area contributed by atoms with Crippen molar-refractivity contribution in [2.24, 2.45) is 0 Å². The highest BCUT2D eigenvalue weighted by Crippen LogP contribution is 2.52. The lowest BCUT2D eigenvalue weighted by Crippen LogP contribution is -2.26. The quantitative estimate of drug-likeness (QED) is 0.631. The Morgan fingerprint density at radius 1 is 0.696 bits per heavy atom. The summed E-state index contributed by atoms with van der Waals surface area (Å²) < 4.78 is 0. The van der Waals surface area contributed by atoms with E-state index < -0.39 is 0 Å². The smallest absolute Gasteiger partial charge is 0.0913 e. The second-order valence-corrected chi connectivity index (χ2v) is 6.18. The van der Waals surface area contributed by atoms with E-state index in [1.807, 2.05) is 6.07 Å². The second-order valence-electron chi connectivity index (χ2n) is 6.18. The number of nitrogens with zero attached hydrogens (tertiary/aromatic N) is 1. The average Bonchev–Trinajstić information content (AvgIpc) is 3.08. The minimum absolute atomic E-state index is 0.239. The number of benzene rings is 3. The van der Waals surface area contributed by atoms with Gasteiger partial charge in [-0.05, 0) is 34.4 Å². The van der Waals surface area contributed by atoms with Gasteiger partial charge in [-0.3, -0.25) is 4.84 Å². The molecule has 23 heavy (non-hydrogen) atoms. The Bertz CT molecular complexity index is 852. The molecule has 2 nitrogen and oxygen atoms in total. The van der Waals surface area contributed by atoms with E-state index in [0.717, 1.165) is 12.3 Å². The molecule has 5 rings (SSSR count). The summed E-state index contributed by atoms with van der Waals surface area (Å²) in [5.41, 5.74) is 6.56. The summed E-state index contributed by atoms with van der Waals surface area (Å²) in [6.45, 7) is 0.727. The number of fused-ring (bicyclic) bond motifs is 6. The lowest BCUT2D eigenvalue weighted by atomic mass is 9.76. The Kier molecular flexibility index (Phi) is 2.79. The fraction of sp³-hybridized carbons (Fsp3) is 0.143. The molecule has 1 heterocycles. The van der Waals surface area contributed by atoms with Gasteiger partial charge in [0.2, 0.25) is 0 Å². The highest BCUT2D eigenvalue weighted by molar-refractivity contribution is 5.76. The first kappa shape index (κ1) is 12.9. The third-order valence-electron chi connectivity index (χ3n) is 4.97. The van der Waals surface area contributed by atoms with Crippen LogP contribution in [0, 0.1) is 0 Å². The molecular weight excluding hydrogens is 282 g/mol. The van der Waals surface area contributed by atoms with Crippen molar-refractivity contribution in [3.63, 3.8) is 0 Å². The Morgan fingerprint density at radius 3 is 2.09 bits per heavy atom. The van der Waals surface area contributed by atoms with Crippen LogP contribution in [0.25, 0.3) is 11.1 Å². The van der Waals surface area contributed by atoms with Crippen molar-refractivity contribution < 1.29 is 4.84 Å². The van der Waals surface area contributed by atoms with Crippen molar-refractivity contribution in [1.82, 2.24) is 0 Å². The standard InChI is InChI=1S/C21H17NO/c1-2-8-15(9-3-1)22-21-19-13-7-6-11-17(19)16-10-4-5-12-18(16)20(21)14-23-22/h1-13,20-21H,14H2. The van der Waals surface area contributed by atoms with Gasteiger partial charge in [-0.2, -0.15) is 0 Å². The maximum absolute atomic E-state index is 6.13. The number of hydrogen-bond donors (Lipinski definition) is 0. The molecule has 3 aromatic rings. The van der Waals surface area contributed by atoms with Gasteiger partial charge in [-0.25, -0.2) is 5.06 Å². The molecule has 2 unspecified atom stereocenters. The first-order valence-corrected chi connectivity index (χ1v) is 8.09. The highest BCUT2D eigenvalue weighted by Gasteiger charge is 2.43. The van der Waals surface area contributed by atoms with Crippen LogP contribution >= 0.6 is 0 Å². The molecule has 112 valence electrons. The number of hydroxylamine groups is 1. The van der Waals surface area contributed by atoms with Crippen LogP contribution in [0.1, 0.15) is 23.1 Å². The lowest BCUT2D eigenvalue weighted by Gasteiger charge is -2.34. The van der Waals surface area contributed by atoms with E-state index >= 15 is 0 Å². The number of para-hydroxylation sites is 1. The van der Waals surface area contributed by atoms with Crippen molar-refractivity contribution >= 4 is 5.69 Å². The first-order chi connectivity index (χ1) is 11.4. The summed E-state index contributed by atoms with van der Waals surface area (Å²) in [5.74, 6) is 0.376. The zero-order valence-corrected chi connectivity index (χ0v) is 12.7. The van der Waals surface area contributed by atoms with E-state index in [1.54, 1.807) is 0 Å². The van der Waals surface area contributed by atoms with Gasteiger partial charge in [0, 0.05) is 5.92 Å². The van der Waals surface area contributed by atoms with Crippen molar-refractivity contribution in [2.75, 3.05) is 11.7 Å².